The minimum atomic E-state index is 0.646. The van der Waals surface area contributed by atoms with Gasteiger partial charge in [-0.25, -0.2) is 0 Å². The molecule has 1 N–H and O–H groups in total. The standard InChI is InChI=1S/C15H34N2/c1-8-9-16-11-13(4)15(6)17(7)14(5)10-12(2)3/h12-16H,8-11H2,1-7H3. The maximum Gasteiger partial charge on any atom is 0.0104 e. The van der Waals surface area contributed by atoms with Gasteiger partial charge in [0, 0.05) is 12.1 Å². The van der Waals surface area contributed by atoms with E-state index >= 15 is 0 Å². The lowest BCUT2D eigenvalue weighted by Gasteiger charge is -2.35. The van der Waals surface area contributed by atoms with Crippen molar-refractivity contribution in [3.8, 4) is 0 Å². The minimum Gasteiger partial charge on any atom is -0.316 e. The average molecular weight is 242 g/mol. The van der Waals surface area contributed by atoms with Gasteiger partial charge in [0.2, 0.25) is 0 Å². The Morgan fingerprint density at radius 1 is 1.06 bits per heavy atom. The lowest BCUT2D eigenvalue weighted by Crippen LogP contribution is -2.43. The molecule has 0 radical (unpaired) electrons. The quantitative estimate of drug-likeness (QED) is 0.624. The Morgan fingerprint density at radius 2 is 1.65 bits per heavy atom. The third-order valence-corrected chi connectivity index (χ3v) is 3.87. The van der Waals surface area contributed by atoms with Gasteiger partial charge in [0.15, 0.2) is 0 Å². The van der Waals surface area contributed by atoms with Crippen molar-refractivity contribution in [3.63, 3.8) is 0 Å². The van der Waals surface area contributed by atoms with Crippen molar-refractivity contribution >= 4 is 0 Å². The fourth-order valence-electron chi connectivity index (χ4n) is 2.33. The number of rotatable bonds is 9. The molecular weight excluding hydrogens is 208 g/mol. The van der Waals surface area contributed by atoms with Gasteiger partial charge in [0.1, 0.15) is 0 Å². The molecule has 0 aromatic heterocycles. The molecular formula is C15H34N2. The highest BCUT2D eigenvalue weighted by atomic mass is 15.2. The van der Waals surface area contributed by atoms with Crippen molar-refractivity contribution in [2.24, 2.45) is 11.8 Å². The fourth-order valence-corrected chi connectivity index (χ4v) is 2.33. The maximum absolute atomic E-state index is 3.52. The molecule has 0 heterocycles. The summed E-state index contributed by atoms with van der Waals surface area (Å²) in [5, 5.41) is 3.52. The first-order chi connectivity index (χ1) is 7.90. The van der Waals surface area contributed by atoms with Crippen LogP contribution in [0, 0.1) is 11.8 Å². The van der Waals surface area contributed by atoms with Crippen LogP contribution in [0.5, 0.6) is 0 Å². The zero-order valence-electron chi connectivity index (χ0n) is 13.1. The summed E-state index contributed by atoms with van der Waals surface area (Å²) in [4.78, 5) is 2.54. The molecule has 2 nitrogen and oxygen atoms in total. The number of nitrogens with one attached hydrogen (secondary N) is 1. The van der Waals surface area contributed by atoms with Gasteiger partial charge in [-0.3, -0.25) is 0 Å². The van der Waals surface area contributed by atoms with E-state index in [0.717, 1.165) is 19.0 Å². The van der Waals surface area contributed by atoms with Crippen LogP contribution in [0.4, 0.5) is 0 Å². The number of nitrogens with zero attached hydrogens (tertiary/aromatic N) is 1. The Bertz CT molecular complexity index is 180. The molecule has 0 fully saturated rings. The summed E-state index contributed by atoms with van der Waals surface area (Å²) in [5.74, 6) is 1.49. The first kappa shape index (κ1) is 16.9. The SMILES string of the molecule is CCCNCC(C)C(C)N(C)C(C)CC(C)C. The van der Waals surface area contributed by atoms with Gasteiger partial charge in [-0.15, -0.1) is 0 Å². The molecule has 0 spiro atoms. The van der Waals surface area contributed by atoms with E-state index in [2.05, 4.69) is 58.8 Å². The van der Waals surface area contributed by atoms with Crippen LogP contribution in [0.3, 0.4) is 0 Å². The summed E-state index contributed by atoms with van der Waals surface area (Å²) < 4.78 is 0. The minimum absolute atomic E-state index is 0.646. The molecule has 0 aromatic carbocycles. The molecule has 0 aliphatic heterocycles. The van der Waals surface area contributed by atoms with E-state index < -0.39 is 0 Å². The first-order valence-corrected chi connectivity index (χ1v) is 7.32. The predicted molar refractivity (Wildman–Crippen MR) is 78.5 cm³/mol. The molecule has 0 aliphatic rings. The Balaban J connectivity index is 4.04. The van der Waals surface area contributed by atoms with Crippen LogP contribution in [0.15, 0.2) is 0 Å². The monoisotopic (exact) mass is 242 g/mol. The van der Waals surface area contributed by atoms with Gasteiger partial charge in [0.05, 0.1) is 0 Å². The normalized spacial score (nSPS) is 17.5. The van der Waals surface area contributed by atoms with E-state index in [-0.39, 0.29) is 0 Å². The molecule has 3 atom stereocenters. The van der Waals surface area contributed by atoms with Crippen LogP contribution in [0.1, 0.15) is 54.4 Å². The first-order valence-electron chi connectivity index (χ1n) is 7.32. The van der Waals surface area contributed by atoms with E-state index in [4.69, 9.17) is 0 Å². The van der Waals surface area contributed by atoms with Crippen LogP contribution in [0.2, 0.25) is 0 Å². The van der Waals surface area contributed by atoms with Gasteiger partial charge >= 0.3 is 0 Å². The van der Waals surface area contributed by atoms with Crippen molar-refractivity contribution in [2.75, 3.05) is 20.1 Å². The van der Waals surface area contributed by atoms with Crippen molar-refractivity contribution in [1.29, 1.82) is 0 Å². The summed E-state index contributed by atoms with van der Waals surface area (Å²) in [6.45, 7) is 16.2. The highest BCUT2D eigenvalue weighted by Crippen LogP contribution is 2.16. The third kappa shape index (κ3) is 7.05. The van der Waals surface area contributed by atoms with Crippen LogP contribution in [-0.4, -0.2) is 37.1 Å². The van der Waals surface area contributed by atoms with Gasteiger partial charge in [-0.05, 0) is 58.7 Å². The van der Waals surface area contributed by atoms with Crippen LogP contribution in [0.25, 0.3) is 0 Å². The zero-order valence-corrected chi connectivity index (χ0v) is 13.1. The molecule has 3 unspecified atom stereocenters. The van der Waals surface area contributed by atoms with Crippen molar-refractivity contribution in [2.45, 2.75) is 66.5 Å². The second-order valence-corrected chi connectivity index (χ2v) is 6.07. The van der Waals surface area contributed by atoms with Crippen molar-refractivity contribution < 1.29 is 0 Å². The maximum atomic E-state index is 3.52. The molecule has 0 rings (SSSR count). The molecule has 104 valence electrons. The molecule has 17 heavy (non-hydrogen) atoms. The highest BCUT2D eigenvalue weighted by molar-refractivity contribution is 4.76. The Labute approximate surface area is 109 Å². The molecule has 0 aliphatic carbocycles. The van der Waals surface area contributed by atoms with E-state index in [9.17, 15) is 0 Å². The van der Waals surface area contributed by atoms with Gasteiger partial charge in [0.25, 0.3) is 0 Å². The van der Waals surface area contributed by atoms with E-state index in [1.165, 1.54) is 12.8 Å². The summed E-state index contributed by atoms with van der Waals surface area (Å²) in [6.07, 6.45) is 2.51. The second-order valence-electron chi connectivity index (χ2n) is 6.07. The van der Waals surface area contributed by atoms with Gasteiger partial charge < -0.3 is 10.2 Å². The second kappa shape index (κ2) is 8.93. The van der Waals surface area contributed by atoms with Crippen LogP contribution >= 0.6 is 0 Å². The number of hydrogen-bond acceptors (Lipinski definition) is 2. The summed E-state index contributed by atoms with van der Waals surface area (Å²) in [6, 6.07) is 1.33. The Hall–Kier alpha value is -0.0800. The van der Waals surface area contributed by atoms with Crippen molar-refractivity contribution in [1.82, 2.24) is 10.2 Å². The molecule has 0 saturated heterocycles. The molecule has 0 bridgehead atoms. The summed E-state index contributed by atoms with van der Waals surface area (Å²) in [7, 11) is 2.27. The van der Waals surface area contributed by atoms with E-state index in [1.807, 2.05) is 0 Å². The molecule has 2 heteroatoms. The smallest absolute Gasteiger partial charge is 0.0104 e. The van der Waals surface area contributed by atoms with E-state index in [0.29, 0.717) is 18.0 Å². The largest absolute Gasteiger partial charge is 0.316 e. The van der Waals surface area contributed by atoms with Crippen LogP contribution < -0.4 is 5.32 Å². The highest BCUT2D eigenvalue weighted by Gasteiger charge is 2.21. The summed E-state index contributed by atoms with van der Waals surface area (Å²) >= 11 is 0. The van der Waals surface area contributed by atoms with Gasteiger partial charge in [-0.1, -0.05) is 27.7 Å². The fraction of sp³-hybridized carbons (Fsp3) is 1.00. The van der Waals surface area contributed by atoms with Gasteiger partial charge in [-0.2, -0.15) is 0 Å². The van der Waals surface area contributed by atoms with Crippen molar-refractivity contribution in [3.05, 3.63) is 0 Å². The summed E-state index contributed by atoms with van der Waals surface area (Å²) in [5.41, 5.74) is 0. The Morgan fingerprint density at radius 3 is 2.12 bits per heavy atom. The lowest BCUT2D eigenvalue weighted by atomic mass is 9.98. The van der Waals surface area contributed by atoms with Crippen LogP contribution in [-0.2, 0) is 0 Å². The van der Waals surface area contributed by atoms with E-state index in [1.54, 1.807) is 0 Å². The zero-order chi connectivity index (χ0) is 13.4. The lowest BCUT2D eigenvalue weighted by molar-refractivity contribution is 0.135. The predicted octanol–water partition coefficient (Wildman–Crippen LogP) is 3.38. The Kier molecular flexibility index (Phi) is 8.89. The molecule has 0 amide bonds. The average Bonchev–Trinajstić information content (AvgIpc) is 2.26. The molecule has 0 saturated carbocycles. The number of hydrogen-bond donors (Lipinski definition) is 1. The molecule has 0 aromatic rings. The topological polar surface area (TPSA) is 15.3 Å². The third-order valence-electron chi connectivity index (χ3n) is 3.87.